The molecule has 5 nitrogen and oxygen atoms in total. The molecular weight excluding hydrogens is 296 g/mol. The molecule has 90 valence electrons. The zero-order valence-electron chi connectivity index (χ0n) is 9.32. The Bertz CT molecular complexity index is 647. The second kappa shape index (κ2) is 4.73. The van der Waals surface area contributed by atoms with Crippen LogP contribution in [0.3, 0.4) is 0 Å². The van der Waals surface area contributed by atoms with Crippen LogP contribution in [0, 0.1) is 0 Å². The average molecular weight is 305 g/mol. The van der Waals surface area contributed by atoms with Crippen LogP contribution in [0.4, 0.5) is 0 Å². The first-order chi connectivity index (χ1) is 8.81. The third-order valence-electron chi connectivity index (χ3n) is 2.39. The molecule has 0 bridgehead atoms. The number of benzene rings is 1. The molecule has 0 unspecified atom stereocenters. The Morgan fingerprint density at radius 3 is 2.78 bits per heavy atom. The van der Waals surface area contributed by atoms with Crippen LogP contribution >= 0.6 is 15.9 Å². The maximum absolute atomic E-state index is 5.22. The standard InChI is InChI=1S/C12H9BrN4O/c13-10-6-14-17(7-10)8-11-15-12(18-16-11)9-4-2-1-3-5-9/h1-7H,8H2. The summed E-state index contributed by atoms with van der Waals surface area (Å²) in [5, 5.41) is 8.08. The summed E-state index contributed by atoms with van der Waals surface area (Å²) >= 11 is 3.34. The number of nitrogens with zero attached hydrogens (tertiary/aromatic N) is 4. The van der Waals surface area contributed by atoms with Gasteiger partial charge in [0.2, 0.25) is 0 Å². The Kier molecular flexibility index (Phi) is 2.93. The van der Waals surface area contributed by atoms with E-state index < -0.39 is 0 Å². The van der Waals surface area contributed by atoms with Crippen molar-refractivity contribution in [2.45, 2.75) is 6.54 Å². The van der Waals surface area contributed by atoms with E-state index in [1.165, 1.54) is 0 Å². The predicted octanol–water partition coefficient (Wildman–Crippen LogP) is 2.74. The molecule has 1 aromatic carbocycles. The lowest BCUT2D eigenvalue weighted by molar-refractivity contribution is 0.419. The summed E-state index contributed by atoms with van der Waals surface area (Å²) in [6.07, 6.45) is 3.58. The molecule has 2 heterocycles. The van der Waals surface area contributed by atoms with Crippen molar-refractivity contribution in [3.8, 4) is 11.5 Å². The van der Waals surface area contributed by atoms with E-state index in [4.69, 9.17) is 4.52 Å². The molecule has 6 heteroatoms. The van der Waals surface area contributed by atoms with Crippen molar-refractivity contribution in [2.24, 2.45) is 0 Å². The summed E-state index contributed by atoms with van der Waals surface area (Å²) in [6, 6.07) is 9.68. The first kappa shape index (κ1) is 11.2. The lowest BCUT2D eigenvalue weighted by Crippen LogP contribution is -2.01. The lowest BCUT2D eigenvalue weighted by atomic mass is 10.2. The Hall–Kier alpha value is -1.95. The molecule has 0 amide bonds. The topological polar surface area (TPSA) is 56.7 Å². The molecular formula is C12H9BrN4O. The number of halogens is 1. The molecule has 0 aliphatic heterocycles. The fraction of sp³-hybridized carbons (Fsp3) is 0.0833. The van der Waals surface area contributed by atoms with Crippen molar-refractivity contribution in [2.75, 3.05) is 0 Å². The van der Waals surface area contributed by atoms with E-state index in [-0.39, 0.29) is 0 Å². The molecule has 0 saturated heterocycles. The summed E-state index contributed by atoms with van der Waals surface area (Å²) in [5.41, 5.74) is 0.915. The van der Waals surface area contributed by atoms with Crippen molar-refractivity contribution in [1.29, 1.82) is 0 Å². The van der Waals surface area contributed by atoms with Gasteiger partial charge in [-0.05, 0) is 28.1 Å². The molecule has 3 aromatic rings. The molecule has 0 saturated carbocycles. The van der Waals surface area contributed by atoms with Crippen LogP contribution in [0.5, 0.6) is 0 Å². The van der Waals surface area contributed by atoms with Crippen LogP contribution in [-0.2, 0) is 6.54 Å². The highest BCUT2D eigenvalue weighted by Crippen LogP contribution is 2.16. The van der Waals surface area contributed by atoms with Crippen molar-refractivity contribution < 1.29 is 4.52 Å². The second-order valence-electron chi connectivity index (χ2n) is 3.74. The molecule has 0 fully saturated rings. The van der Waals surface area contributed by atoms with Crippen molar-refractivity contribution >= 4 is 15.9 Å². The zero-order chi connectivity index (χ0) is 12.4. The highest BCUT2D eigenvalue weighted by molar-refractivity contribution is 9.10. The van der Waals surface area contributed by atoms with Gasteiger partial charge in [0, 0.05) is 11.8 Å². The van der Waals surface area contributed by atoms with E-state index in [1.807, 2.05) is 36.5 Å². The summed E-state index contributed by atoms with van der Waals surface area (Å²) in [5.74, 6) is 1.13. The monoisotopic (exact) mass is 304 g/mol. The third-order valence-corrected chi connectivity index (χ3v) is 2.80. The fourth-order valence-corrected chi connectivity index (χ4v) is 1.91. The van der Waals surface area contributed by atoms with Gasteiger partial charge in [0.15, 0.2) is 5.82 Å². The van der Waals surface area contributed by atoms with E-state index in [9.17, 15) is 0 Å². The molecule has 0 spiro atoms. The average Bonchev–Trinajstić information content (AvgIpc) is 3.01. The maximum atomic E-state index is 5.22. The molecule has 0 atom stereocenters. The normalized spacial score (nSPS) is 10.7. The fourth-order valence-electron chi connectivity index (χ4n) is 1.59. The molecule has 18 heavy (non-hydrogen) atoms. The summed E-state index contributed by atoms with van der Waals surface area (Å²) in [7, 11) is 0. The largest absolute Gasteiger partial charge is 0.334 e. The zero-order valence-corrected chi connectivity index (χ0v) is 10.9. The highest BCUT2D eigenvalue weighted by Gasteiger charge is 2.09. The molecule has 2 aromatic heterocycles. The molecule has 3 rings (SSSR count). The van der Waals surface area contributed by atoms with E-state index in [2.05, 4.69) is 31.2 Å². The van der Waals surface area contributed by atoms with Gasteiger partial charge < -0.3 is 4.52 Å². The SMILES string of the molecule is Brc1cnn(Cc2noc(-c3ccccc3)n2)c1. The number of hydrogen-bond donors (Lipinski definition) is 0. The van der Waals surface area contributed by atoms with E-state index in [0.717, 1.165) is 10.0 Å². The number of rotatable bonds is 3. The van der Waals surface area contributed by atoms with Gasteiger partial charge >= 0.3 is 0 Å². The van der Waals surface area contributed by atoms with Gasteiger partial charge in [-0.25, -0.2) is 0 Å². The number of aromatic nitrogens is 4. The highest BCUT2D eigenvalue weighted by atomic mass is 79.9. The molecule has 0 aliphatic carbocycles. The smallest absolute Gasteiger partial charge is 0.257 e. The van der Waals surface area contributed by atoms with Gasteiger partial charge in [-0.3, -0.25) is 4.68 Å². The first-order valence-electron chi connectivity index (χ1n) is 5.37. The minimum absolute atomic E-state index is 0.488. The van der Waals surface area contributed by atoms with Gasteiger partial charge in [0.05, 0.1) is 10.7 Å². The van der Waals surface area contributed by atoms with Crippen LogP contribution in [0.1, 0.15) is 5.82 Å². The Morgan fingerprint density at radius 2 is 2.06 bits per heavy atom. The summed E-state index contributed by atoms with van der Waals surface area (Å²) in [4.78, 5) is 4.33. The summed E-state index contributed by atoms with van der Waals surface area (Å²) in [6.45, 7) is 0.488. The minimum Gasteiger partial charge on any atom is -0.334 e. The van der Waals surface area contributed by atoms with Crippen molar-refractivity contribution in [1.82, 2.24) is 19.9 Å². The van der Waals surface area contributed by atoms with Crippen molar-refractivity contribution in [3.05, 3.63) is 53.0 Å². The van der Waals surface area contributed by atoms with E-state index in [0.29, 0.717) is 18.3 Å². The Morgan fingerprint density at radius 1 is 1.22 bits per heavy atom. The molecule has 0 radical (unpaired) electrons. The van der Waals surface area contributed by atoms with Crippen LogP contribution in [0.15, 0.2) is 51.7 Å². The third kappa shape index (κ3) is 2.33. The van der Waals surface area contributed by atoms with Crippen molar-refractivity contribution in [3.63, 3.8) is 0 Å². The van der Waals surface area contributed by atoms with Gasteiger partial charge in [-0.15, -0.1) is 0 Å². The van der Waals surface area contributed by atoms with Crippen LogP contribution in [0.25, 0.3) is 11.5 Å². The second-order valence-corrected chi connectivity index (χ2v) is 4.65. The van der Waals surface area contributed by atoms with Gasteiger partial charge in [0.25, 0.3) is 5.89 Å². The molecule has 0 aliphatic rings. The van der Waals surface area contributed by atoms with Gasteiger partial charge in [-0.1, -0.05) is 23.4 Å². The van der Waals surface area contributed by atoms with Crippen LogP contribution in [0.2, 0.25) is 0 Å². The Labute approximate surface area is 112 Å². The van der Waals surface area contributed by atoms with Gasteiger partial charge in [0.1, 0.15) is 6.54 Å². The Balaban J connectivity index is 1.82. The minimum atomic E-state index is 0.488. The lowest BCUT2D eigenvalue weighted by Gasteiger charge is -1.93. The number of hydrogen-bond acceptors (Lipinski definition) is 4. The van der Waals surface area contributed by atoms with Crippen LogP contribution in [-0.4, -0.2) is 19.9 Å². The van der Waals surface area contributed by atoms with E-state index in [1.54, 1.807) is 10.9 Å². The summed E-state index contributed by atoms with van der Waals surface area (Å²) < 4.78 is 7.88. The van der Waals surface area contributed by atoms with Gasteiger partial charge in [-0.2, -0.15) is 10.1 Å². The maximum Gasteiger partial charge on any atom is 0.257 e. The van der Waals surface area contributed by atoms with Crippen LogP contribution < -0.4 is 0 Å². The predicted molar refractivity (Wildman–Crippen MR) is 68.8 cm³/mol. The first-order valence-corrected chi connectivity index (χ1v) is 6.16. The van der Waals surface area contributed by atoms with E-state index >= 15 is 0 Å². The quantitative estimate of drug-likeness (QED) is 0.746. The molecule has 0 N–H and O–H groups in total.